The maximum Gasteiger partial charge on any atom is 0.274 e. The fourth-order valence-corrected chi connectivity index (χ4v) is 3.52. The van der Waals surface area contributed by atoms with E-state index in [2.05, 4.69) is 17.0 Å². The van der Waals surface area contributed by atoms with Crippen molar-refractivity contribution < 1.29 is 4.79 Å². The van der Waals surface area contributed by atoms with E-state index in [0.29, 0.717) is 5.69 Å². The van der Waals surface area contributed by atoms with Gasteiger partial charge >= 0.3 is 0 Å². The molecule has 1 atom stereocenters. The van der Waals surface area contributed by atoms with E-state index in [1.165, 1.54) is 6.42 Å². The molecule has 1 saturated heterocycles. The number of para-hydroxylation sites is 1. The van der Waals surface area contributed by atoms with Gasteiger partial charge in [0.15, 0.2) is 5.69 Å². The number of rotatable bonds is 3. The third-order valence-electron chi connectivity index (χ3n) is 4.95. The van der Waals surface area contributed by atoms with Crippen LogP contribution in [0.3, 0.4) is 0 Å². The molecule has 3 heterocycles. The number of nitrogens with zero attached hydrogens (tertiary/aromatic N) is 4. The zero-order valence-corrected chi connectivity index (χ0v) is 14.9. The molecule has 0 radical (unpaired) electrons. The molecule has 0 spiro atoms. The Labute approximate surface area is 153 Å². The first-order valence-electron chi connectivity index (χ1n) is 9.11. The van der Waals surface area contributed by atoms with Gasteiger partial charge in [0.05, 0.1) is 11.4 Å². The molecule has 1 fully saturated rings. The second-order valence-electron chi connectivity index (χ2n) is 6.75. The van der Waals surface area contributed by atoms with Gasteiger partial charge < -0.3 is 4.90 Å². The number of carbonyl (C=O) groups excluding carboxylic acids is 1. The van der Waals surface area contributed by atoms with Crippen LogP contribution in [0.25, 0.3) is 16.9 Å². The standard InChI is InChI=1S/C21H22N4O/c1-16-8-5-6-13-24(16)21(26)19-14-20(17-9-7-12-22-15-17)25(23-19)18-10-3-2-4-11-18/h2-4,7,9-12,14-16H,5-6,8,13H2,1H3. The molecule has 0 aliphatic carbocycles. The number of likely N-dealkylation sites (tertiary alicyclic amines) is 1. The number of aromatic nitrogens is 3. The Balaban J connectivity index is 1.77. The molecule has 26 heavy (non-hydrogen) atoms. The van der Waals surface area contributed by atoms with Crippen LogP contribution in [0.1, 0.15) is 36.7 Å². The molecule has 5 nitrogen and oxygen atoms in total. The molecule has 4 rings (SSSR count). The summed E-state index contributed by atoms with van der Waals surface area (Å²) < 4.78 is 1.83. The summed E-state index contributed by atoms with van der Waals surface area (Å²) in [4.78, 5) is 19.2. The molecular formula is C21H22N4O. The summed E-state index contributed by atoms with van der Waals surface area (Å²) in [6, 6.07) is 15.9. The number of carbonyl (C=O) groups is 1. The van der Waals surface area contributed by atoms with E-state index in [1.54, 1.807) is 12.4 Å². The lowest BCUT2D eigenvalue weighted by Crippen LogP contribution is -2.42. The van der Waals surface area contributed by atoms with Gasteiger partial charge in [-0.1, -0.05) is 18.2 Å². The van der Waals surface area contributed by atoms with Crippen LogP contribution in [0, 0.1) is 0 Å². The first-order valence-corrected chi connectivity index (χ1v) is 9.11. The van der Waals surface area contributed by atoms with Crippen LogP contribution in [-0.2, 0) is 0 Å². The predicted octanol–water partition coefficient (Wildman–Crippen LogP) is 3.95. The molecule has 0 saturated carbocycles. The van der Waals surface area contributed by atoms with Crippen molar-refractivity contribution >= 4 is 5.91 Å². The van der Waals surface area contributed by atoms with Crippen molar-refractivity contribution in [3.05, 3.63) is 66.6 Å². The highest BCUT2D eigenvalue weighted by Crippen LogP contribution is 2.25. The zero-order valence-electron chi connectivity index (χ0n) is 14.9. The van der Waals surface area contributed by atoms with E-state index < -0.39 is 0 Å². The molecular weight excluding hydrogens is 324 g/mol. The first kappa shape index (κ1) is 16.5. The average Bonchev–Trinajstić information content (AvgIpc) is 3.15. The molecule has 3 aromatic rings. The Kier molecular flexibility index (Phi) is 4.52. The lowest BCUT2D eigenvalue weighted by molar-refractivity contribution is 0.0629. The maximum absolute atomic E-state index is 13.1. The van der Waals surface area contributed by atoms with Crippen LogP contribution in [0.2, 0.25) is 0 Å². The summed E-state index contributed by atoms with van der Waals surface area (Å²) in [5.41, 5.74) is 3.23. The number of hydrogen-bond donors (Lipinski definition) is 0. The minimum atomic E-state index is 0.0111. The number of pyridine rings is 1. The molecule has 0 bridgehead atoms. The van der Waals surface area contributed by atoms with Gasteiger partial charge in [0.1, 0.15) is 0 Å². The number of benzene rings is 1. The van der Waals surface area contributed by atoms with Crippen LogP contribution < -0.4 is 0 Å². The van der Waals surface area contributed by atoms with E-state index in [0.717, 1.165) is 36.3 Å². The molecule has 0 N–H and O–H groups in total. The minimum Gasteiger partial charge on any atom is -0.335 e. The van der Waals surface area contributed by atoms with Gasteiger partial charge in [0.25, 0.3) is 5.91 Å². The van der Waals surface area contributed by atoms with Crippen LogP contribution in [-0.4, -0.2) is 38.2 Å². The van der Waals surface area contributed by atoms with Crippen molar-refractivity contribution in [2.24, 2.45) is 0 Å². The fraction of sp³-hybridized carbons (Fsp3) is 0.286. The van der Waals surface area contributed by atoms with E-state index in [1.807, 2.05) is 58.1 Å². The largest absolute Gasteiger partial charge is 0.335 e. The smallest absolute Gasteiger partial charge is 0.274 e. The van der Waals surface area contributed by atoms with E-state index in [4.69, 9.17) is 0 Å². The van der Waals surface area contributed by atoms with Crippen LogP contribution in [0.15, 0.2) is 60.9 Å². The summed E-state index contributed by atoms with van der Waals surface area (Å²) in [6.45, 7) is 2.92. The summed E-state index contributed by atoms with van der Waals surface area (Å²) in [7, 11) is 0. The number of piperidine rings is 1. The highest BCUT2D eigenvalue weighted by molar-refractivity contribution is 5.94. The van der Waals surface area contributed by atoms with Crippen LogP contribution in [0.5, 0.6) is 0 Å². The Hall–Kier alpha value is -2.95. The monoisotopic (exact) mass is 346 g/mol. The minimum absolute atomic E-state index is 0.0111. The van der Waals surface area contributed by atoms with Gasteiger partial charge in [0.2, 0.25) is 0 Å². The summed E-state index contributed by atoms with van der Waals surface area (Å²) >= 11 is 0. The fourth-order valence-electron chi connectivity index (χ4n) is 3.52. The van der Waals surface area contributed by atoms with Crippen molar-refractivity contribution in [2.45, 2.75) is 32.2 Å². The molecule has 5 heteroatoms. The lowest BCUT2D eigenvalue weighted by Gasteiger charge is -2.32. The summed E-state index contributed by atoms with van der Waals surface area (Å²) in [6.07, 6.45) is 6.85. The highest BCUT2D eigenvalue weighted by Gasteiger charge is 2.27. The van der Waals surface area contributed by atoms with Crippen molar-refractivity contribution in [2.75, 3.05) is 6.54 Å². The third kappa shape index (κ3) is 3.12. The Morgan fingerprint density at radius 2 is 1.96 bits per heavy atom. The van der Waals surface area contributed by atoms with Crippen molar-refractivity contribution in [3.63, 3.8) is 0 Å². The van der Waals surface area contributed by atoms with Crippen molar-refractivity contribution in [1.82, 2.24) is 19.7 Å². The molecule has 1 aliphatic rings. The second kappa shape index (κ2) is 7.12. The molecule has 2 aromatic heterocycles. The lowest BCUT2D eigenvalue weighted by atomic mass is 10.0. The predicted molar refractivity (Wildman–Crippen MR) is 101 cm³/mol. The van der Waals surface area contributed by atoms with Gasteiger partial charge in [0, 0.05) is 30.5 Å². The zero-order chi connectivity index (χ0) is 17.9. The molecule has 1 amide bonds. The van der Waals surface area contributed by atoms with E-state index in [-0.39, 0.29) is 11.9 Å². The Morgan fingerprint density at radius 3 is 2.69 bits per heavy atom. The maximum atomic E-state index is 13.1. The molecule has 132 valence electrons. The van der Waals surface area contributed by atoms with E-state index >= 15 is 0 Å². The second-order valence-corrected chi connectivity index (χ2v) is 6.75. The SMILES string of the molecule is CC1CCCCN1C(=O)c1cc(-c2cccnc2)n(-c2ccccc2)n1. The first-order chi connectivity index (χ1) is 12.7. The third-order valence-corrected chi connectivity index (χ3v) is 4.95. The van der Waals surface area contributed by atoms with Crippen LogP contribution >= 0.6 is 0 Å². The van der Waals surface area contributed by atoms with Crippen LogP contribution in [0.4, 0.5) is 0 Å². The molecule has 1 aliphatic heterocycles. The quantitative estimate of drug-likeness (QED) is 0.721. The molecule has 1 aromatic carbocycles. The normalized spacial score (nSPS) is 17.3. The van der Waals surface area contributed by atoms with Gasteiger partial charge in [-0.3, -0.25) is 9.78 Å². The van der Waals surface area contributed by atoms with Gasteiger partial charge in [-0.15, -0.1) is 0 Å². The highest BCUT2D eigenvalue weighted by atomic mass is 16.2. The van der Waals surface area contributed by atoms with Crippen molar-refractivity contribution in [1.29, 1.82) is 0 Å². The van der Waals surface area contributed by atoms with Gasteiger partial charge in [-0.25, -0.2) is 4.68 Å². The van der Waals surface area contributed by atoms with E-state index in [9.17, 15) is 4.79 Å². The number of hydrogen-bond acceptors (Lipinski definition) is 3. The van der Waals surface area contributed by atoms with Gasteiger partial charge in [-0.05, 0) is 56.5 Å². The summed E-state index contributed by atoms with van der Waals surface area (Å²) in [5, 5.41) is 4.66. The Bertz CT molecular complexity index is 832. The topological polar surface area (TPSA) is 51.0 Å². The average molecular weight is 346 g/mol. The van der Waals surface area contributed by atoms with Gasteiger partial charge in [-0.2, -0.15) is 5.10 Å². The number of amides is 1. The summed E-state index contributed by atoms with van der Waals surface area (Å²) in [5.74, 6) is 0.0111. The van der Waals surface area contributed by atoms with Crippen molar-refractivity contribution in [3.8, 4) is 16.9 Å². The molecule has 1 unspecified atom stereocenters. The Morgan fingerprint density at radius 1 is 1.12 bits per heavy atom.